The Kier molecular flexibility index (Phi) is 5.00. The first-order valence-electron chi connectivity index (χ1n) is 8.16. The Balaban J connectivity index is 1.87. The summed E-state index contributed by atoms with van der Waals surface area (Å²) in [4.78, 5) is 12.5. The van der Waals surface area contributed by atoms with Gasteiger partial charge in [-0.1, -0.05) is 0 Å². The summed E-state index contributed by atoms with van der Waals surface area (Å²) in [6, 6.07) is 10.5. The summed E-state index contributed by atoms with van der Waals surface area (Å²) in [5.41, 5.74) is 1.46. The second kappa shape index (κ2) is 7.37. The number of hydrogen-bond acceptors (Lipinski definition) is 6. The van der Waals surface area contributed by atoms with E-state index in [-0.39, 0.29) is 17.5 Å². The highest BCUT2D eigenvalue weighted by atomic mass is 19.1. The lowest BCUT2D eigenvalue weighted by atomic mass is 10.0. The first-order valence-corrected chi connectivity index (χ1v) is 8.16. The standard InChI is InChI=1S/C18H17FN4O3/c19-13-1-3-16(18(10-13)23(25)26)21-14-2-4-17(12(9-14)11-20)22-7-5-15(24)6-8-22/h1-4,9-10,15,21,24H,5-8H2. The topological polar surface area (TPSA) is 102 Å². The van der Waals surface area contributed by atoms with Crippen LogP contribution in [0.25, 0.3) is 0 Å². The number of nitrogens with one attached hydrogen (secondary N) is 1. The van der Waals surface area contributed by atoms with E-state index < -0.39 is 10.7 Å². The van der Waals surface area contributed by atoms with Gasteiger partial charge in [0.1, 0.15) is 17.6 Å². The van der Waals surface area contributed by atoms with Crippen molar-refractivity contribution in [2.45, 2.75) is 18.9 Å². The van der Waals surface area contributed by atoms with Crippen LogP contribution in [0, 0.1) is 27.3 Å². The molecule has 0 radical (unpaired) electrons. The number of aliphatic hydroxyl groups excluding tert-OH is 1. The van der Waals surface area contributed by atoms with Crippen LogP contribution in [0.1, 0.15) is 18.4 Å². The lowest BCUT2D eigenvalue weighted by molar-refractivity contribution is -0.384. The molecule has 0 spiro atoms. The lowest BCUT2D eigenvalue weighted by Gasteiger charge is -2.32. The highest BCUT2D eigenvalue weighted by Crippen LogP contribution is 2.31. The van der Waals surface area contributed by atoms with Crippen LogP contribution in [0.2, 0.25) is 0 Å². The van der Waals surface area contributed by atoms with Gasteiger partial charge < -0.3 is 15.3 Å². The number of rotatable bonds is 4. The minimum absolute atomic E-state index is 0.147. The molecule has 2 aromatic carbocycles. The number of nitriles is 1. The average Bonchev–Trinajstić information content (AvgIpc) is 2.63. The smallest absolute Gasteiger partial charge is 0.295 e. The van der Waals surface area contributed by atoms with Crippen molar-refractivity contribution < 1.29 is 14.4 Å². The quantitative estimate of drug-likeness (QED) is 0.644. The molecule has 1 aliphatic rings. The number of halogens is 1. The third-order valence-electron chi connectivity index (χ3n) is 4.36. The highest BCUT2D eigenvalue weighted by molar-refractivity contribution is 5.73. The minimum atomic E-state index is -0.692. The molecule has 1 aliphatic heterocycles. The van der Waals surface area contributed by atoms with E-state index in [4.69, 9.17) is 0 Å². The number of piperidine rings is 1. The zero-order valence-corrected chi connectivity index (χ0v) is 13.9. The van der Waals surface area contributed by atoms with E-state index in [2.05, 4.69) is 11.4 Å². The third kappa shape index (κ3) is 3.73. The summed E-state index contributed by atoms with van der Waals surface area (Å²) in [6.07, 6.45) is 0.982. The van der Waals surface area contributed by atoms with Crippen molar-refractivity contribution in [2.24, 2.45) is 0 Å². The van der Waals surface area contributed by atoms with Crippen LogP contribution in [0.3, 0.4) is 0 Å². The van der Waals surface area contributed by atoms with Crippen molar-refractivity contribution in [1.82, 2.24) is 0 Å². The van der Waals surface area contributed by atoms with Gasteiger partial charge in [0.25, 0.3) is 5.69 Å². The molecule has 0 amide bonds. The maximum Gasteiger partial charge on any atom is 0.295 e. The fourth-order valence-corrected chi connectivity index (χ4v) is 3.00. The van der Waals surface area contributed by atoms with Gasteiger partial charge in [-0.25, -0.2) is 4.39 Å². The highest BCUT2D eigenvalue weighted by Gasteiger charge is 2.20. The Morgan fingerprint density at radius 2 is 2.00 bits per heavy atom. The molecule has 1 heterocycles. The SMILES string of the molecule is N#Cc1cc(Nc2ccc(F)cc2[N+](=O)[O-])ccc1N1CCC(O)CC1. The van der Waals surface area contributed by atoms with E-state index in [1.54, 1.807) is 18.2 Å². The summed E-state index contributed by atoms with van der Waals surface area (Å²) < 4.78 is 13.3. The van der Waals surface area contributed by atoms with Gasteiger partial charge in [0.15, 0.2) is 0 Å². The van der Waals surface area contributed by atoms with Crippen molar-refractivity contribution in [3.05, 3.63) is 57.9 Å². The second-order valence-corrected chi connectivity index (χ2v) is 6.11. The average molecular weight is 356 g/mol. The molecule has 2 N–H and O–H groups in total. The summed E-state index contributed by atoms with van der Waals surface area (Å²) in [7, 11) is 0. The summed E-state index contributed by atoms with van der Waals surface area (Å²) in [5.74, 6) is -0.692. The Morgan fingerprint density at radius 1 is 1.27 bits per heavy atom. The number of nitro groups is 1. The molecule has 0 aromatic heterocycles. The van der Waals surface area contributed by atoms with Crippen LogP contribution in [-0.2, 0) is 0 Å². The monoisotopic (exact) mass is 356 g/mol. The number of nitro benzene ring substituents is 1. The largest absolute Gasteiger partial charge is 0.393 e. The maximum atomic E-state index is 13.3. The molecule has 3 rings (SSSR count). The van der Waals surface area contributed by atoms with Crippen LogP contribution in [0.15, 0.2) is 36.4 Å². The summed E-state index contributed by atoms with van der Waals surface area (Å²) >= 11 is 0. The van der Waals surface area contributed by atoms with Gasteiger partial charge in [0, 0.05) is 18.8 Å². The third-order valence-corrected chi connectivity index (χ3v) is 4.36. The molecule has 26 heavy (non-hydrogen) atoms. The predicted molar refractivity (Wildman–Crippen MR) is 94.9 cm³/mol. The van der Waals surface area contributed by atoms with Crippen molar-refractivity contribution >= 4 is 22.7 Å². The number of hydrogen-bond donors (Lipinski definition) is 2. The molecule has 8 heteroatoms. The van der Waals surface area contributed by atoms with Crippen LogP contribution >= 0.6 is 0 Å². The van der Waals surface area contributed by atoms with Crippen molar-refractivity contribution in [3.63, 3.8) is 0 Å². The fourth-order valence-electron chi connectivity index (χ4n) is 3.00. The molecule has 0 aliphatic carbocycles. The Morgan fingerprint density at radius 3 is 2.65 bits per heavy atom. The van der Waals surface area contributed by atoms with Gasteiger partial charge >= 0.3 is 0 Å². The van der Waals surface area contributed by atoms with Gasteiger partial charge in [-0.05, 0) is 43.2 Å². The number of aliphatic hydroxyl groups is 1. The van der Waals surface area contributed by atoms with Crippen LogP contribution < -0.4 is 10.2 Å². The molecule has 1 fully saturated rings. The first-order chi connectivity index (χ1) is 12.5. The Bertz CT molecular complexity index is 873. The van der Waals surface area contributed by atoms with E-state index in [0.29, 0.717) is 37.2 Å². The molecule has 7 nitrogen and oxygen atoms in total. The van der Waals surface area contributed by atoms with Gasteiger partial charge in [-0.2, -0.15) is 5.26 Å². The van der Waals surface area contributed by atoms with Gasteiger partial charge in [0.2, 0.25) is 0 Å². The predicted octanol–water partition coefficient (Wildman–Crippen LogP) is 3.31. The summed E-state index contributed by atoms with van der Waals surface area (Å²) in [5, 5.41) is 33.0. The van der Waals surface area contributed by atoms with Gasteiger partial charge in [-0.3, -0.25) is 10.1 Å². The van der Waals surface area contributed by atoms with Crippen molar-refractivity contribution in [3.8, 4) is 6.07 Å². The summed E-state index contributed by atoms with van der Waals surface area (Å²) in [6.45, 7) is 1.32. The van der Waals surface area contributed by atoms with E-state index in [1.165, 1.54) is 6.07 Å². The number of nitrogens with zero attached hydrogens (tertiary/aromatic N) is 3. The lowest BCUT2D eigenvalue weighted by Crippen LogP contribution is -2.36. The number of benzene rings is 2. The van der Waals surface area contributed by atoms with Gasteiger partial charge in [0.05, 0.1) is 28.3 Å². The van der Waals surface area contributed by atoms with Crippen LogP contribution in [0.5, 0.6) is 0 Å². The van der Waals surface area contributed by atoms with E-state index in [0.717, 1.165) is 17.8 Å². The molecule has 0 atom stereocenters. The zero-order chi connectivity index (χ0) is 18.7. The van der Waals surface area contributed by atoms with Crippen molar-refractivity contribution in [2.75, 3.05) is 23.3 Å². The maximum absolute atomic E-state index is 13.3. The molecular formula is C18H17FN4O3. The molecule has 2 aromatic rings. The fraction of sp³-hybridized carbons (Fsp3) is 0.278. The first kappa shape index (κ1) is 17.6. The molecule has 0 bridgehead atoms. The number of anilines is 3. The zero-order valence-electron chi connectivity index (χ0n) is 13.9. The Labute approximate surface area is 149 Å². The normalized spacial score (nSPS) is 14.7. The van der Waals surface area contributed by atoms with E-state index in [9.17, 15) is 24.9 Å². The van der Waals surface area contributed by atoms with Crippen LogP contribution in [0.4, 0.5) is 27.1 Å². The second-order valence-electron chi connectivity index (χ2n) is 6.11. The van der Waals surface area contributed by atoms with Crippen molar-refractivity contribution in [1.29, 1.82) is 5.26 Å². The molecule has 134 valence electrons. The Hall–Kier alpha value is -3.18. The van der Waals surface area contributed by atoms with Crippen LogP contribution in [-0.4, -0.2) is 29.2 Å². The molecule has 0 unspecified atom stereocenters. The van der Waals surface area contributed by atoms with Gasteiger partial charge in [-0.15, -0.1) is 0 Å². The molecule has 1 saturated heterocycles. The van der Waals surface area contributed by atoms with E-state index >= 15 is 0 Å². The molecule has 0 saturated carbocycles. The minimum Gasteiger partial charge on any atom is -0.393 e. The van der Waals surface area contributed by atoms with E-state index in [1.807, 2.05) is 4.90 Å². The molecular weight excluding hydrogens is 339 g/mol.